The standard InChI is InChI=1S/C14H20N6O3S/c1-11-8-13(18(3)16-11)14(21)19-4-6-20(7-5-19)24(22,23)12-9-15-17(2)10-12/h8-10H,4-7H2,1-3H3. The van der Waals surface area contributed by atoms with Crippen molar-refractivity contribution in [2.45, 2.75) is 11.8 Å². The average molecular weight is 352 g/mol. The van der Waals surface area contributed by atoms with E-state index in [0.717, 1.165) is 5.69 Å². The molecule has 0 spiro atoms. The number of sulfonamides is 1. The van der Waals surface area contributed by atoms with E-state index in [4.69, 9.17) is 0 Å². The largest absolute Gasteiger partial charge is 0.335 e. The van der Waals surface area contributed by atoms with Gasteiger partial charge < -0.3 is 4.90 Å². The predicted molar refractivity (Wildman–Crippen MR) is 85.8 cm³/mol. The fourth-order valence-electron chi connectivity index (χ4n) is 2.79. The molecule has 1 aliphatic heterocycles. The summed E-state index contributed by atoms with van der Waals surface area (Å²) in [4.78, 5) is 14.4. The summed E-state index contributed by atoms with van der Waals surface area (Å²) in [6.45, 7) is 3.06. The molecule has 2 aromatic rings. The lowest BCUT2D eigenvalue weighted by atomic mass is 10.3. The van der Waals surface area contributed by atoms with Crippen LogP contribution in [0.2, 0.25) is 0 Å². The first-order chi connectivity index (χ1) is 11.3. The Morgan fingerprint density at radius 2 is 1.83 bits per heavy atom. The zero-order chi connectivity index (χ0) is 17.5. The third-order valence-corrected chi connectivity index (χ3v) is 5.92. The van der Waals surface area contributed by atoms with Gasteiger partial charge in [-0.2, -0.15) is 14.5 Å². The van der Waals surface area contributed by atoms with E-state index in [-0.39, 0.29) is 23.9 Å². The third-order valence-electron chi connectivity index (χ3n) is 4.07. The minimum Gasteiger partial charge on any atom is -0.335 e. The second kappa shape index (κ2) is 6.02. The normalized spacial score (nSPS) is 16.5. The number of amides is 1. The number of carbonyl (C=O) groups excluding carboxylic acids is 1. The Balaban J connectivity index is 1.70. The zero-order valence-electron chi connectivity index (χ0n) is 13.9. The molecule has 0 radical (unpaired) electrons. The van der Waals surface area contributed by atoms with Gasteiger partial charge in [-0.05, 0) is 13.0 Å². The molecule has 1 saturated heterocycles. The first-order valence-electron chi connectivity index (χ1n) is 7.58. The van der Waals surface area contributed by atoms with Crippen molar-refractivity contribution < 1.29 is 13.2 Å². The maximum atomic E-state index is 12.6. The number of rotatable bonds is 3. The molecule has 10 heteroatoms. The van der Waals surface area contributed by atoms with Gasteiger partial charge in [0.15, 0.2) is 0 Å². The Bertz CT molecular complexity index is 861. The van der Waals surface area contributed by atoms with Gasteiger partial charge in [-0.25, -0.2) is 8.42 Å². The molecule has 0 saturated carbocycles. The molecular formula is C14H20N6O3S. The van der Waals surface area contributed by atoms with Crippen LogP contribution in [0.4, 0.5) is 0 Å². The van der Waals surface area contributed by atoms with Gasteiger partial charge in [0, 0.05) is 46.5 Å². The number of hydrogen-bond acceptors (Lipinski definition) is 5. The lowest BCUT2D eigenvalue weighted by Gasteiger charge is -2.33. The number of aryl methyl sites for hydroxylation is 3. The predicted octanol–water partition coefficient (Wildman–Crippen LogP) is -0.391. The average Bonchev–Trinajstić information content (AvgIpc) is 3.12. The summed E-state index contributed by atoms with van der Waals surface area (Å²) in [5.41, 5.74) is 1.29. The molecule has 1 aliphatic rings. The van der Waals surface area contributed by atoms with Crippen LogP contribution in [0.25, 0.3) is 0 Å². The number of carbonyl (C=O) groups is 1. The Hall–Kier alpha value is -2.20. The molecule has 3 rings (SSSR count). The highest BCUT2D eigenvalue weighted by molar-refractivity contribution is 7.89. The van der Waals surface area contributed by atoms with Crippen molar-refractivity contribution in [3.63, 3.8) is 0 Å². The molecule has 1 fully saturated rings. The van der Waals surface area contributed by atoms with Crippen LogP contribution in [0, 0.1) is 6.92 Å². The van der Waals surface area contributed by atoms with Crippen molar-refractivity contribution in [1.82, 2.24) is 28.8 Å². The summed E-state index contributed by atoms with van der Waals surface area (Å²) < 4.78 is 29.5. The van der Waals surface area contributed by atoms with Gasteiger partial charge in [-0.3, -0.25) is 14.2 Å². The smallest absolute Gasteiger partial charge is 0.272 e. The molecule has 3 heterocycles. The van der Waals surface area contributed by atoms with Crippen molar-refractivity contribution in [2.24, 2.45) is 14.1 Å². The minimum absolute atomic E-state index is 0.128. The molecule has 0 atom stereocenters. The molecule has 0 bridgehead atoms. The number of hydrogen-bond donors (Lipinski definition) is 0. The van der Waals surface area contributed by atoms with Crippen LogP contribution in [0.3, 0.4) is 0 Å². The molecule has 2 aromatic heterocycles. The zero-order valence-corrected chi connectivity index (χ0v) is 14.7. The van der Waals surface area contributed by atoms with Gasteiger partial charge in [0.05, 0.1) is 11.9 Å². The van der Waals surface area contributed by atoms with Crippen molar-refractivity contribution in [1.29, 1.82) is 0 Å². The number of piperazine rings is 1. The maximum Gasteiger partial charge on any atom is 0.272 e. The van der Waals surface area contributed by atoms with Crippen LogP contribution in [0.15, 0.2) is 23.4 Å². The summed E-state index contributed by atoms with van der Waals surface area (Å²) in [5.74, 6) is -0.128. The molecule has 0 N–H and O–H groups in total. The Morgan fingerprint density at radius 1 is 1.17 bits per heavy atom. The van der Waals surface area contributed by atoms with Crippen LogP contribution in [-0.2, 0) is 24.1 Å². The SMILES string of the molecule is Cc1cc(C(=O)N2CCN(S(=O)(=O)c3cnn(C)c3)CC2)n(C)n1. The molecule has 0 unspecified atom stereocenters. The molecular weight excluding hydrogens is 332 g/mol. The quantitative estimate of drug-likeness (QED) is 0.750. The summed E-state index contributed by atoms with van der Waals surface area (Å²) in [6, 6.07) is 1.74. The fourth-order valence-corrected chi connectivity index (χ4v) is 4.19. The van der Waals surface area contributed by atoms with Crippen molar-refractivity contribution in [3.8, 4) is 0 Å². The lowest BCUT2D eigenvalue weighted by molar-refractivity contribution is 0.0687. The highest BCUT2D eigenvalue weighted by atomic mass is 32.2. The fraction of sp³-hybridized carbons (Fsp3) is 0.500. The summed E-state index contributed by atoms with van der Waals surface area (Å²) >= 11 is 0. The molecule has 1 amide bonds. The first kappa shape index (κ1) is 16.7. The first-order valence-corrected chi connectivity index (χ1v) is 9.02. The van der Waals surface area contributed by atoms with E-state index in [2.05, 4.69) is 10.2 Å². The van der Waals surface area contributed by atoms with E-state index in [9.17, 15) is 13.2 Å². The van der Waals surface area contributed by atoms with E-state index in [1.807, 2.05) is 6.92 Å². The summed E-state index contributed by atoms with van der Waals surface area (Å²) in [6.07, 6.45) is 2.82. The van der Waals surface area contributed by atoms with E-state index in [1.54, 1.807) is 29.7 Å². The number of aromatic nitrogens is 4. The molecule has 24 heavy (non-hydrogen) atoms. The van der Waals surface area contributed by atoms with Crippen molar-refractivity contribution >= 4 is 15.9 Å². The van der Waals surface area contributed by atoms with Crippen LogP contribution in [0.1, 0.15) is 16.2 Å². The number of nitrogens with zero attached hydrogens (tertiary/aromatic N) is 6. The van der Waals surface area contributed by atoms with E-state index in [0.29, 0.717) is 18.8 Å². The van der Waals surface area contributed by atoms with Gasteiger partial charge >= 0.3 is 0 Å². The van der Waals surface area contributed by atoms with Gasteiger partial charge in [-0.1, -0.05) is 0 Å². The monoisotopic (exact) mass is 352 g/mol. The third kappa shape index (κ3) is 2.94. The van der Waals surface area contributed by atoms with Gasteiger partial charge in [0.1, 0.15) is 10.6 Å². The van der Waals surface area contributed by atoms with Gasteiger partial charge in [0.2, 0.25) is 10.0 Å². The summed E-state index contributed by atoms with van der Waals surface area (Å²) in [5, 5.41) is 8.09. The van der Waals surface area contributed by atoms with Gasteiger partial charge in [-0.15, -0.1) is 0 Å². The Morgan fingerprint density at radius 3 is 2.33 bits per heavy atom. The topological polar surface area (TPSA) is 93.3 Å². The highest BCUT2D eigenvalue weighted by Gasteiger charge is 2.31. The molecule has 0 aliphatic carbocycles. The highest BCUT2D eigenvalue weighted by Crippen LogP contribution is 2.18. The van der Waals surface area contributed by atoms with E-state index >= 15 is 0 Å². The van der Waals surface area contributed by atoms with E-state index < -0.39 is 10.0 Å². The Kier molecular flexibility index (Phi) is 4.18. The van der Waals surface area contributed by atoms with E-state index in [1.165, 1.54) is 21.4 Å². The molecule has 0 aromatic carbocycles. The second-order valence-corrected chi connectivity index (χ2v) is 7.78. The minimum atomic E-state index is -3.56. The van der Waals surface area contributed by atoms with Crippen molar-refractivity contribution in [3.05, 3.63) is 29.8 Å². The van der Waals surface area contributed by atoms with Crippen molar-refractivity contribution in [2.75, 3.05) is 26.2 Å². The maximum absolute atomic E-state index is 12.6. The van der Waals surface area contributed by atoms with Gasteiger partial charge in [0.25, 0.3) is 5.91 Å². The van der Waals surface area contributed by atoms with Crippen LogP contribution in [-0.4, -0.2) is 69.3 Å². The van der Waals surface area contributed by atoms with Crippen LogP contribution < -0.4 is 0 Å². The summed E-state index contributed by atoms with van der Waals surface area (Å²) in [7, 11) is -0.167. The molecule has 9 nitrogen and oxygen atoms in total. The van der Waals surface area contributed by atoms with Crippen LogP contribution in [0.5, 0.6) is 0 Å². The molecule has 130 valence electrons. The Labute approximate surface area is 140 Å². The lowest BCUT2D eigenvalue weighted by Crippen LogP contribution is -2.50. The van der Waals surface area contributed by atoms with Crippen LogP contribution >= 0.6 is 0 Å². The second-order valence-electron chi connectivity index (χ2n) is 5.84.